The summed E-state index contributed by atoms with van der Waals surface area (Å²) in [6.07, 6.45) is 13.4. The van der Waals surface area contributed by atoms with Gasteiger partial charge in [0.2, 0.25) is 5.91 Å². The molecule has 1 aromatic rings. The number of likely N-dealkylation sites (tertiary alicyclic amines) is 2. The lowest BCUT2D eigenvalue weighted by Gasteiger charge is -2.48. The third-order valence-electron chi connectivity index (χ3n) is 8.08. The van der Waals surface area contributed by atoms with E-state index in [4.69, 9.17) is 10.7 Å². The van der Waals surface area contributed by atoms with Crippen LogP contribution in [0.5, 0.6) is 0 Å². The van der Waals surface area contributed by atoms with Crippen molar-refractivity contribution in [1.29, 1.82) is 0 Å². The molecule has 2 unspecified atom stereocenters. The first-order chi connectivity index (χ1) is 16.4. The fraction of sp³-hybridized carbons (Fsp3) is 0.800. The van der Waals surface area contributed by atoms with E-state index in [1.54, 1.807) is 6.92 Å². The lowest BCUT2D eigenvalue weighted by atomic mass is 9.66. The van der Waals surface area contributed by atoms with Gasteiger partial charge in [0.25, 0.3) is 0 Å². The van der Waals surface area contributed by atoms with Crippen LogP contribution < -0.4 is 11.1 Å². The number of aromatic nitrogens is 1. The standard InChI is InChI=1S/C25H41N5O2S2/c1-19(31)30-13-8-21(9-14-30)25(28-24(26)32)10-6-7-20(17-25)23-27-18-22(34-23)33-16-15-29-11-4-2-3-5-12-29/h18,20-21H,2-17H2,1H3,(H3,26,28,32). The molecule has 3 N–H and O–H groups in total. The Bertz CT molecular complexity index is 818. The molecule has 1 aliphatic carbocycles. The van der Waals surface area contributed by atoms with E-state index in [-0.39, 0.29) is 11.4 Å². The maximum atomic E-state index is 12.0. The number of thioether (sulfide) groups is 1. The topological polar surface area (TPSA) is 91.6 Å². The van der Waals surface area contributed by atoms with Gasteiger partial charge in [-0.2, -0.15) is 0 Å². The molecule has 7 nitrogen and oxygen atoms in total. The van der Waals surface area contributed by atoms with Crippen molar-refractivity contribution >= 4 is 35.0 Å². The van der Waals surface area contributed by atoms with Gasteiger partial charge in [0.1, 0.15) is 0 Å². The van der Waals surface area contributed by atoms with Gasteiger partial charge in [0.15, 0.2) is 0 Å². The third kappa shape index (κ3) is 6.66. The number of amides is 3. The molecule has 9 heteroatoms. The van der Waals surface area contributed by atoms with Crippen LogP contribution in [0.25, 0.3) is 0 Å². The van der Waals surface area contributed by atoms with Crippen LogP contribution in [0.3, 0.4) is 0 Å². The molecule has 0 bridgehead atoms. The Morgan fingerprint density at radius 1 is 1.15 bits per heavy atom. The monoisotopic (exact) mass is 507 g/mol. The van der Waals surface area contributed by atoms with Crippen LogP contribution in [0.4, 0.5) is 4.79 Å². The second kappa shape index (κ2) is 12.1. The van der Waals surface area contributed by atoms with Crippen molar-refractivity contribution in [2.24, 2.45) is 11.7 Å². The van der Waals surface area contributed by atoms with Gasteiger partial charge in [-0.3, -0.25) is 4.79 Å². The summed E-state index contributed by atoms with van der Waals surface area (Å²) in [5.74, 6) is 1.96. The molecule has 3 amide bonds. The van der Waals surface area contributed by atoms with Crippen molar-refractivity contribution in [3.63, 3.8) is 0 Å². The van der Waals surface area contributed by atoms with Crippen LogP contribution in [0.2, 0.25) is 0 Å². The lowest BCUT2D eigenvalue weighted by Crippen LogP contribution is -2.59. The predicted octanol–water partition coefficient (Wildman–Crippen LogP) is 4.43. The van der Waals surface area contributed by atoms with Crippen LogP contribution in [0, 0.1) is 5.92 Å². The van der Waals surface area contributed by atoms with Gasteiger partial charge in [-0.25, -0.2) is 9.78 Å². The number of nitrogens with zero attached hydrogens (tertiary/aromatic N) is 3. The van der Waals surface area contributed by atoms with Crippen LogP contribution in [0.1, 0.15) is 82.1 Å². The fourth-order valence-corrected chi connectivity index (χ4v) is 8.46. The summed E-state index contributed by atoms with van der Waals surface area (Å²) >= 11 is 3.77. The first kappa shape index (κ1) is 25.8. The van der Waals surface area contributed by atoms with E-state index < -0.39 is 6.03 Å². The molecule has 2 atom stereocenters. The second-order valence-electron chi connectivity index (χ2n) is 10.3. The van der Waals surface area contributed by atoms with Crippen molar-refractivity contribution in [3.8, 4) is 0 Å². The number of piperidine rings is 1. The first-order valence-corrected chi connectivity index (χ1v) is 14.9. The zero-order valence-electron chi connectivity index (χ0n) is 20.6. The highest BCUT2D eigenvalue weighted by Crippen LogP contribution is 2.46. The summed E-state index contributed by atoms with van der Waals surface area (Å²) in [5.41, 5.74) is 5.38. The number of thiazole rings is 1. The Morgan fingerprint density at radius 2 is 1.88 bits per heavy atom. The first-order valence-electron chi connectivity index (χ1n) is 13.1. The molecule has 2 aliphatic heterocycles. The van der Waals surface area contributed by atoms with Gasteiger partial charge in [0.05, 0.1) is 15.4 Å². The highest BCUT2D eigenvalue weighted by atomic mass is 32.2. The molecule has 3 aliphatic rings. The number of rotatable bonds is 7. The van der Waals surface area contributed by atoms with Gasteiger partial charge in [-0.15, -0.1) is 23.1 Å². The Morgan fingerprint density at radius 3 is 2.56 bits per heavy atom. The van der Waals surface area contributed by atoms with Crippen molar-refractivity contribution in [1.82, 2.24) is 20.1 Å². The van der Waals surface area contributed by atoms with Gasteiger partial charge >= 0.3 is 6.03 Å². The van der Waals surface area contributed by atoms with Crippen molar-refractivity contribution in [3.05, 3.63) is 11.2 Å². The summed E-state index contributed by atoms with van der Waals surface area (Å²) in [4.78, 5) is 33.2. The molecule has 2 saturated heterocycles. The van der Waals surface area contributed by atoms with Crippen molar-refractivity contribution in [2.45, 2.75) is 86.8 Å². The molecule has 190 valence electrons. The van der Waals surface area contributed by atoms with Gasteiger partial charge in [-0.1, -0.05) is 19.3 Å². The Labute approximate surface area is 212 Å². The smallest absolute Gasteiger partial charge is 0.312 e. The molecular formula is C25H41N5O2S2. The molecule has 3 fully saturated rings. The normalized spacial score (nSPS) is 27.3. The number of hydrogen-bond donors (Lipinski definition) is 2. The minimum Gasteiger partial charge on any atom is -0.352 e. The molecule has 3 heterocycles. The number of nitrogens with two attached hydrogens (primary N) is 1. The lowest BCUT2D eigenvalue weighted by molar-refractivity contribution is -0.130. The van der Waals surface area contributed by atoms with Gasteiger partial charge < -0.3 is 20.9 Å². The van der Waals surface area contributed by atoms with E-state index in [1.807, 2.05) is 28.0 Å². The number of primary amides is 1. The van der Waals surface area contributed by atoms with E-state index in [0.717, 1.165) is 63.9 Å². The minimum absolute atomic E-state index is 0.139. The molecule has 0 spiro atoms. The maximum absolute atomic E-state index is 12.0. The second-order valence-corrected chi connectivity index (χ2v) is 12.8. The molecule has 4 rings (SSSR count). The maximum Gasteiger partial charge on any atom is 0.312 e. The molecule has 0 aromatic carbocycles. The largest absolute Gasteiger partial charge is 0.352 e. The molecular weight excluding hydrogens is 466 g/mol. The van der Waals surface area contributed by atoms with Gasteiger partial charge in [0, 0.05) is 43.8 Å². The zero-order chi connectivity index (χ0) is 24.0. The molecule has 0 radical (unpaired) electrons. The van der Waals surface area contributed by atoms with Crippen LogP contribution in [0.15, 0.2) is 10.4 Å². The summed E-state index contributed by atoms with van der Waals surface area (Å²) in [6.45, 7) is 6.82. The fourth-order valence-electron chi connectivity index (χ4n) is 6.26. The number of nitrogens with one attached hydrogen (secondary N) is 1. The Kier molecular flexibility index (Phi) is 9.15. The third-order valence-corrected chi connectivity index (χ3v) is 10.4. The average molecular weight is 508 g/mol. The van der Waals surface area contributed by atoms with Crippen LogP contribution in [-0.2, 0) is 4.79 Å². The number of carbonyl (C=O) groups excluding carboxylic acids is 2. The summed E-state index contributed by atoms with van der Waals surface area (Å²) in [5, 5.41) is 4.40. The SMILES string of the molecule is CC(=O)N1CCC(C2(NC(N)=O)CCCC(c3ncc(SCCN4CCCCCC4)s3)C2)CC1. The number of hydrogen-bond acceptors (Lipinski definition) is 6. The van der Waals surface area contributed by atoms with E-state index in [1.165, 1.54) is 48.0 Å². The highest BCUT2D eigenvalue weighted by molar-refractivity contribution is 8.01. The summed E-state index contributed by atoms with van der Waals surface area (Å²) in [7, 11) is 0. The highest BCUT2D eigenvalue weighted by Gasteiger charge is 2.45. The number of carbonyl (C=O) groups is 2. The Hall–Kier alpha value is -1.32. The molecule has 34 heavy (non-hydrogen) atoms. The van der Waals surface area contributed by atoms with Crippen LogP contribution >= 0.6 is 23.1 Å². The summed E-state index contributed by atoms with van der Waals surface area (Å²) in [6, 6.07) is -0.432. The zero-order valence-corrected chi connectivity index (χ0v) is 22.2. The van der Waals surface area contributed by atoms with Crippen LogP contribution in [-0.4, -0.2) is 70.7 Å². The summed E-state index contributed by atoms with van der Waals surface area (Å²) < 4.78 is 1.30. The van der Waals surface area contributed by atoms with Gasteiger partial charge in [-0.05, 0) is 64.0 Å². The quantitative estimate of drug-likeness (QED) is 0.533. The number of urea groups is 1. The van der Waals surface area contributed by atoms with E-state index in [2.05, 4.69) is 16.4 Å². The average Bonchev–Trinajstić information content (AvgIpc) is 3.14. The van der Waals surface area contributed by atoms with Crippen molar-refractivity contribution in [2.75, 3.05) is 38.5 Å². The molecule has 1 aromatic heterocycles. The minimum atomic E-state index is -0.432. The van der Waals surface area contributed by atoms with Crippen molar-refractivity contribution < 1.29 is 9.59 Å². The predicted molar refractivity (Wildman–Crippen MR) is 139 cm³/mol. The van der Waals surface area contributed by atoms with E-state index in [9.17, 15) is 9.59 Å². The van der Waals surface area contributed by atoms with E-state index >= 15 is 0 Å². The molecule has 1 saturated carbocycles. The van der Waals surface area contributed by atoms with E-state index in [0.29, 0.717) is 11.8 Å². The Balaban J connectivity index is 1.36.